The average Bonchev–Trinajstić information content (AvgIpc) is 2.77. The first kappa shape index (κ1) is 20.1. The molecule has 0 aliphatic rings. The number of carbonyl (C=O) groups is 2. The standard InChI is InChI=1S/C24H22O5/c1-2-14-27-23(25)19-9-7-10-20(16-19)24(26)28-17-18-8-6-13-22(15-18)29-21-11-4-3-5-12-21/h3-13,15-16H,2,14,17H2,1H3. The monoisotopic (exact) mass is 390 g/mol. The molecule has 5 nitrogen and oxygen atoms in total. The molecule has 0 fully saturated rings. The van der Waals surface area contributed by atoms with Crippen LogP contribution in [0.5, 0.6) is 11.5 Å². The van der Waals surface area contributed by atoms with Crippen LogP contribution in [-0.4, -0.2) is 18.5 Å². The van der Waals surface area contributed by atoms with Gasteiger partial charge in [-0.3, -0.25) is 0 Å². The maximum atomic E-state index is 12.4. The van der Waals surface area contributed by atoms with Gasteiger partial charge in [0.05, 0.1) is 17.7 Å². The molecule has 0 heterocycles. The van der Waals surface area contributed by atoms with Crippen molar-refractivity contribution in [3.63, 3.8) is 0 Å². The Bertz CT molecular complexity index is 966. The van der Waals surface area contributed by atoms with Crippen molar-refractivity contribution < 1.29 is 23.8 Å². The molecule has 29 heavy (non-hydrogen) atoms. The molecule has 3 aromatic carbocycles. The maximum Gasteiger partial charge on any atom is 0.338 e. The third-order valence-electron chi connectivity index (χ3n) is 4.02. The van der Waals surface area contributed by atoms with E-state index in [1.54, 1.807) is 18.2 Å². The molecule has 0 amide bonds. The first-order valence-electron chi connectivity index (χ1n) is 9.42. The van der Waals surface area contributed by atoms with Crippen molar-refractivity contribution in [2.75, 3.05) is 6.61 Å². The van der Waals surface area contributed by atoms with E-state index in [1.807, 2.05) is 61.5 Å². The van der Waals surface area contributed by atoms with Gasteiger partial charge in [0.15, 0.2) is 0 Å². The van der Waals surface area contributed by atoms with Crippen LogP contribution < -0.4 is 4.74 Å². The summed E-state index contributed by atoms with van der Waals surface area (Å²) in [6, 6.07) is 23.1. The normalized spacial score (nSPS) is 10.2. The Morgan fingerprint density at radius 3 is 2.10 bits per heavy atom. The van der Waals surface area contributed by atoms with E-state index in [4.69, 9.17) is 14.2 Å². The fourth-order valence-corrected chi connectivity index (χ4v) is 2.61. The SMILES string of the molecule is CCCOC(=O)c1cccc(C(=O)OCc2cccc(Oc3ccccc3)c2)c1. The summed E-state index contributed by atoms with van der Waals surface area (Å²) in [6.45, 7) is 2.35. The molecule has 0 N–H and O–H groups in total. The van der Waals surface area contributed by atoms with E-state index in [-0.39, 0.29) is 6.61 Å². The van der Waals surface area contributed by atoms with Crippen LogP contribution in [0.25, 0.3) is 0 Å². The van der Waals surface area contributed by atoms with Gasteiger partial charge in [0.1, 0.15) is 18.1 Å². The van der Waals surface area contributed by atoms with Gasteiger partial charge in [-0.1, -0.05) is 43.3 Å². The number of esters is 2. The van der Waals surface area contributed by atoms with E-state index >= 15 is 0 Å². The lowest BCUT2D eigenvalue weighted by Gasteiger charge is -2.09. The van der Waals surface area contributed by atoms with Gasteiger partial charge in [-0.2, -0.15) is 0 Å². The minimum Gasteiger partial charge on any atom is -0.462 e. The second-order valence-corrected chi connectivity index (χ2v) is 6.36. The maximum absolute atomic E-state index is 12.4. The van der Waals surface area contributed by atoms with Gasteiger partial charge in [0.2, 0.25) is 0 Å². The van der Waals surface area contributed by atoms with Gasteiger partial charge in [-0.15, -0.1) is 0 Å². The summed E-state index contributed by atoms with van der Waals surface area (Å²) in [6.07, 6.45) is 0.737. The fourth-order valence-electron chi connectivity index (χ4n) is 2.61. The number of ether oxygens (including phenoxy) is 3. The molecule has 0 saturated heterocycles. The minimum absolute atomic E-state index is 0.0926. The Kier molecular flexibility index (Phi) is 7.00. The van der Waals surface area contributed by atoms with Gasteiger partial charge in [-0.25, -0.2) is 9.59 Å². The van der Waals surface area contributed by atoms with E-state index in [2.05, 4.69) is 0 Å². The molecule has 0 aliphatic carbocycles. The van der Waals surface area contributed by atoms with E-state index in [1.165, 1.54) is 6.07 Å². The van der Waals surface area contributed by atoms with Crippen molar-refractivity contribution in [2.24, 2.45) is 0 Å². The molecule has 3 rings (SSSR count). The highest BCUT2D eigenvalue weighted by Crippen LogP contribution is 2.22. The number of hydrogen-bond donors (Lipinski definition) is 0. The molecular weight excluding hydrogens is 368 g/mol. The molecule has 0 atom stereocenters. The first-order valence-corrected chi connectivity index (χ1v) is 9.42. The minimum atomic E-state index is -0.510. The molecule has 0 saturated carbocycles. The Labute approximate surface area is 169 Å². The van der Waals surface area contributed by atoms with Gasteiger partial charge >= 0.3 is 11.9 Å². The van der Waals surface area contributed by atoms with Gasteiger partial charge in [0.25, 0.3) is 0 Å². The number of carbonyl (C=O) groups excluding carboxylic acids is 2. The van der Waals surface area contributed by atoms with Crippen molar-refractivity contribution in [2.45, 2.75) is 20.0 Å². The smallest absolute Gasteiger partial charge is 0.338 e. The number of benzene rings is 3. The predicted molar refractivity (Wildman–Crippen MR) is 109 cm³/mol. The quantitative estimate of drug-likeness (QED) is 0.482. The van der Waals surface area contributed by atoms with Crippen molar-refractivity contribution in [3.05, 3.63) is 95.6 Å². The molecule has 5 heteroatoms. The summed E-state index contributed by atoms with van der Waals surface area (Å²) in [5, 5.41) is 0. The number of hydrogen-bond acceptors (Lipinski definition) is 5. The highest BCUT2D eigenvalue weighted by Gasteiger charge is 2.13. The summed E-state index contributed by atoms with van der Waals surface area (Å²) < 4.78 is 16.3. The van der Waals surface area contributed by atoms with E-state index in [9.17, 15) is 9.59 Å². The van der Waals surface area contributed by atoms with Crippen LogP contribution in [0, 0.1) is 0 Å². The summed E-state index contributed by atoms with van der Waals surface area (Å²) in [5.41, 5.74) is 1.42. The van der Waals surface area contributed by atoms with Crippen LogP contribution in [0.15, 0.2) is 78.9 Å². The largest absolute Gasteiger partial charge is 0.462 e. The van der Waals surface area contributed by atoms with Crippen LogP contribution in [0.2, 0.25) is 0 Å². The summed E-state index contributed by atoms with van der Waals surface area (Å²) >= 11 is 0. The molecule has 0 radical (unpaired) electrons. The lowest BCUT2D eigenvalue weighted by Crippen LogP contribution is -2.09. The highest BCUT2D eigenvalue weighted by molar-refractivity contribution is 5.95. The van der Waals surface area contributed by atoms with Crippen LogP contribution in [0.3, 0.4) is 0 Å². The lowest BCUT2D eigenvalue weighted by atomic mass is 10.1. The zero-order valence-electron chi connectivity index (χ0n) is 16.2. The average molecular weight is 390 g/mol. The van der Waals surface area contributed by atoms with Crippen molar-refractivity contribution in [1.29, 1.82) is 0 Å². The molecule has 0 aliphatic heterocycles. The second-order valence-electron chi connectivity index (χ2n) is 6.36. The third-order valence-corrected chi connectivity index (χ3v) is 4.02. The van der Waals surface area contributed by atoms with Gasteiger partial charge < -0.3 is 14.2 Å². The van der Waals surface area contributed by atoms with Crippen molar-refractivity contribution >= 4 is 11.9 Å². The summed E-state index contributed by atoms with van der Waals surface area (Å²) in [4.78, 5) is 24.3. The molecule has 0 aromatic heterocycles. The highest BCUT2D eigenvalue weighted by atomic mass is 16.5. The fraction of sp³-hybridized carbons (Fsp3) is 0.167. The van der Waals surface area contributed by atoms with Crippen LogP contribution in [-0.2, 0) is 16.1 Å². The van der Waals surface area contributed by atoms with Crippen LogP contribution in [0.4, 0.5) is 0 Å². The van der Waals surface area contributed by atoms with Crippen LogP contribution >= 0.6 is 0 Å². The molecule has 0 bridgehead atoms. The van der Waals surface area contributed by atoms with Crippen LogP contribution in [0.1, 0.15) is 39.6 Å². The molecule has 3 aromatic rings. The number of para-hydroxylation sites is 1. The first-order chi connectivity index (χ1) is 14.2. The number of rotatable bonds is 8. The molecular formula is C24H22O5. The van der Waals surface area contributed by atoms with Gasteiger partial charge in [0, 0.05) is 0 Å². The Balaban J connectivity index is 1.61. The van der Waals surface area contributed by atoms with E-state index in [0.717, 1.165) is 17.7 Å². The zero-order valence-corrected chi connectivity index (χ0v) is 16.2. The molecule has 148 valence electrons. The predicted octanol–water partition coefficient (Wildman–Crippen LogP) is 5.40. The van der Waals surface area contributed by atoms with Crippen molar-refractivity contribution in [3.8, 4) is 11.5 Å². The Hall–Kier alpha value is -3.60. The molecule has 0 spiro atoms. The van der Waals surface area contributed by atoms with Gasteiger partial charge in [-0.05, 0) is 54.4 Å². The Morgan fingerprint density at radius 2 is 1.38 bits per heavy atom. The Morgan fingerprint density at radius 1 is 0.724 bits per heavy atom. The second kappa shape index (κ2) is 10.1. The summed E-state index contributed by atoms with van der Waals surface area (Å²) in [5.74, 6) is 0.426. The lowest BCUT2D eigenvalue weighted by molar-refractivity contribution is 0.0472. The third kappa shape index (κ3) is 5.94. The molecule has 0 unspecified atom stereocenters. The van der Waals surface area contributed by atoms with Crippen molar-refractivity contribution in [1.82, 2.24) is 0 Å². The van der Waals surface area contributed by atoms with E-state index in [0.29, 0.717) is 23.5 Å². The summed E-state index contributed by atoms with van der Waals surface area (Å²) in [7, 11) is 0. The topological polar surface area (TPSA) is 61.8 Å². The zero-order chi connectivity index (χ0) is 20.5. The van der Waals surface area contributed by atoms with E-state index < -0.39 is 11.9 Å².